The van der Waals surface area contributed by atoms with Crippen LogP contribution in [0.25, 0.3) is 0 Å². The van der Waals surface area contributed by atoms with Gasteiger partial charge >= 0.3 is 18.9 Å². The predicted octanol–water partition coefficient (Wildman–Crippen LogP) is 1.01. The minimum absolute atomic E-state index is 0. The summed E-state index contributed by atoms with van der Waals surface area (Å²) >= 11 is 0. The Bertz CT molecular complexity index is 23.0. The Morgan fingerprint density at radius 1 is 1.17 bits per heavy atom. The summed E-state index contributed by atoms with van der Waals surface area (Å²) in [4.78, 5) is 0. The zero-order valence-corrected chi connectivity index (χ0v) is 5.23. The van der Waals surface area contributed by atoms with Crippen LogP contribution in [-0.2, 0) is 0 Å². The first-order chi connectivity index (χ1) is 2.00. The Balaban J connectivity index is 0. The Hall–Kier alpha value is 1.03. The molecule has 0 aliphatic carbocycles. The van der Waals surface area contributed by atoms with Crippen LogP contribution in [0.5, 0.6) is 0 Å². The van der Waals surface area contributed by atoms with Gasteiger partial charge in [-0.1, -0.05) is 20.8 Å². The average molecular weight is 98.1 g/mol. The van der Waals surface area contributed by atoms with Gasteiger partial charge in [0.2, 0.25) is 0 Å². The zero-order chi connectivity index (χ0) is 4.50. The van der Waals surface area contributed by atoms with Gasteiger partial charge in [-0.25, -0.2) is 0 Å². The first kappa shape index (κ1) is 10.1. The summed E-state index contributed by atoms with van der Waals surface area (Å²) in [5.74, 6) is 0. The molecule has 0 bridgehead atoms. The quantitative estimate of drug-likeness (QED) is 0.313. The standard InChI is InChI=1S/C4H11P.Li.H/c1-4(2,3)5;;/h5H2,1-3H3;;. The molecule has 0 saturated carbocycles. The Kier molecular flexibility index (Phi) is 5.19. The zero-order valence-electron chi connectivity index (χ0n) is 4.08. The van der Waals surface area contributed by atoms with E-state index in [9.17, 15) is 0 Å². The predicted molar refractivity (Wildman–Crippen MR) is 36.6 cm³/mol. The summed E-state index contributed by atoms with van der Waals surface area (Å²) in [7, 11) is 2.72. The molecule has 0 saturated heterocycles. The van der Waals surface area contributed by atoms with Crippen molar-refractivity contribution in [2.45, 2.75) is 25.9 Å². The van der Waals surface area contributed by atoms with Crippen molar-refractivity contribution in [3.05, 3.63) is 0 Å². The van der Waals surface area contributed by atoms with Gasteiger partial charge in [-0.05, 0) is 5.16 Å². The average Bonchev–Trinajstić information content (AvgIpc) is 0.722. The first-order valence-corrected chi connectivity index (χ1v) is 2.37. The molecule has 0 spiro atoms. The van der Waals surface area contributed by atoms with Crippen molar-refractivity contribution in [3.8, 4) is 0 Å². The van der Waals surface area contributed by atoms with Gasteiger partial charge in [0.1, 0.15) is 0 Å². The summed E-state index contributed by atoms with van der Waals surface area (Å²) in [6.07, 6.45) is 0. The molecular weight excluding hydrogens is 86.0 g/mol. The van der Waals surface area contributed by atoms with Gasteiger partial charge in [0.05, 0.1) is 0 Å². The van der Waals surface area contributed by atoms with Gasteiger partial charge in [0, 0.05) is 0 Å². The van der Waals surface area contributed by atoms with E-state index in [-0.39, 0.29) is 18.9 Å². The number of rotatable bonds is 0. The first-order valence-electron chi connectivity index (χ1n) is 1.79. The van der Waals surface area contributed by atoms with E-state index in [4.69, 9.17) is 0 Å². The van der Waals surface area contributed by atoms with Crippen LogP contribution < -0.4 is 0 Å². The van der Waals surface area contributed by atoms with E-state index in [1.54, 1.807) is 0 Å². The van der Waals surface area contributed by atoms with Crippen LogP contribution in [0.2, 0.25) is 0 Å². The molecule has 0 aliphatic heterocycles. The summed E-state index contributed by atoms with van der Waals surface area (Å²) in [5, 5.41) is 0.417. The van der Waals surface area contributed by atoms with E-state index in [2.05, 4.69) is 30.0 Å². The molecule has 0 fully saturated rings. The molecule has 2 heteroatoms. The van der Waals surface area contributed by atoms with Crippen molar-refractivity contribution in [2.24, 2.45) is 0 Å². The van der Waals surface area contributed by atoms with E-state index < -0.39 is 0 Å². The molecule has 0 aromatic heterocycles. The van der Waals surface area contributed by atoms with Crippen LogP contribution in [0, 0.1) is 0 Å². The molecule has 0 aromatic carbocycles. The topological polar surface area (TPSA) is 0 Å². The van der Waals surface area contributed by atoms with Crippen molar-refractivity contribution < 1.29 is 0 Å². The molecule has 0 heterocycles. The third-order valence-electron chi connectivity index (χ3n) is 0. The molecule has 6 heavy (non-hydrogen) atoms. The molecule has 0 nitrogen and oxygen atoms in total. The third-order valence-corrected chi connectivity index (χ3v) is 0. The molecule has 0 radical (unpaired) electrons. The van der Waals surface area contributed by atoms with E-state index in [1.165, 1.54) is 0 Å². The molecule has 1 unspecified atom stereocenters. The van der Waals surface area contributed by atoms with Crippen molar-refractivity contribution in [3.63, 3.8) is 0 Å². The second-order valence-electron chi connectivity index (χ2n) is 2.37. The summed E-state index contributed by atoms with van der Waals surface area (Å²) < 4.78 is 0. The minimum atomic E-state index is 0. The molecule has 34 valence electrons. The van der Waals surface area contributed by atoms with Crippen LogP contribution in [0.1, 0.15) is 20.8 Å². The monoisotopic (exact) mass is 98.1 g/mol. The molecular formula is C4H12LiP. The van der Waals surface area contributed by atoms with Crippen molar-refractivity contribution >= 4 is 28.1 Å². The van der Waals surface area contributed by atoms with Gasteiger partial charge in [-0.2, -0.15) is 0 Å². The maximum atomic E-state index is 2.72. The maximum absolute atomic E-state index is 2.72. The Morgan fingerprint density at radius 3 is 1.17 bits per heavy atom. The second kappa shape index (κ2) is 3.08. The van der Waals surface area contributed by atoms with Gasteiger partial charge < -0.3 is 0 Å². The molecule has 0 aromatic rings. The van der Waals surface area contributed by atoms with Crippen LogP contribution in [0.15, 0.2) is 0 Å². The second-order valence-corrected chi connectivity index (χ2v) is 4.10. The van der Waals surface area contributed by atoms with Crippen LogP contribution in [-0.4, -0.2) is 24.0 Å². The number of hydrogen-bond acceptors (Lipinski definition) is 0. The van der Waals surface area contributed by atoms with Gasteiger partial charge in [0.15, 0.2) is 0 Å². The molecule has 0 aliphatic rings. The van der Waals surface area contributed by atoms with Crippen LogP contribution in [0.4, 0.5) is 0 Å². The fourth-order valence-corrected chi connectivity index (χ4v) is 0. The molecule has 0 N–H and O–H groups in total. The van der Waals surface area contributed by atoms with Gasteiger partial charge in [0.25, 0.3) is 0 Å². The van der Waals surface area contributed by atoms with Crippen molar-refractivity contribution in [2.75, 3.05) is 0 Å². The fourth-order valence-electron chi connectivity index (χ4n) is 0. The normalized spacial score (nSPS) is 10.0. The van der Waals surface area contributed by atoms with Crippen LogP contribution >= 0.6 is 9.24 Å². The number of hydrogen-bond donors (Lipinski definition) is 0. The van der Waals surface area contributed by atoms with Crippen molar-refractivity contribution in [1.82, 2.24) is 0 Å². The molecule has 1 atom stereocenters. The summed E-state index contributed by atoms with van der Waals surface area (Å²) in [6.45, 7) is 6.45. The fraction of sp³-hybridized carbons (Fsp3) is 1.00. The SMILES string of the molecule is CC(C)(C)P.[LiH]. The van der Waals surface area contributed by atoms with Gasteiger partial charge in [-0.15, -0.1) is 9.24 Å². The third kappa shape index (κ3) is 77.3. The Labute approximate surface area is 54.5 Å². The Morgan fingerprint density at radius 2 is 1.17 bits per heavy atom. The summed E-state index contributed by atoms with van der Waals surface area (Å²) in [6, 6.07) is 0. The van der Waals surface area contributed by atoms with Crippen LogP contribution in [0.3, 0.4) is 0 Å². The summed E-state index contributed by atoms with van der Waals surface area (Å²) in [5.41, 5.74) is 0. The molecule has 0 rings (SSSR count). The molecule has 0 amide bonds. The van der Waals surface area contributed by atoms with Gasteiger partial charge in [-0.3, -0.25) is 0 Å². The van der Waals surface area contributed by atoms with Crippen molar-refractivity contribution in [1.29, 1.82) is 0 Å². The van der Waals surface area contributed by atoms with E-state index in [0.717, 1.165) is 0 Å². The van der Waals surface area contributed by atoms with E-state index >= 15 is 0 Å². The van der Waals surface area contributed by atoms with E-state index in [0.29, 0.717) is 5.16 Å². The van der Waals surface area contributed by atoms with E-state index in [1.807, 2.05) is 0 Å².